The standard InChI is InChI=1S/C24H27FN2O2/c1-4-18-8-5-6-10-22(18)24(28)27-15-7-9-20(16-27)23(29-3)26-17(2)19-11-13-21(25)14-12-19/h5-6,8,10-14,20H,2,4,7,9,15-16H2,1,3H3/t20-/m0/s1. The van der Waals surface area contributed by atoms with Crippen molar-refractivity contribution in [3.63, 3.8) is 0 Å². The predicted molar refractivity (Wildman–Crippen MR) is 114 cm³/mol. The molecule has 1 saturated heterocycles. The first-order chi connectivity index (χ1) is 14.0. The highest BCUT2D eigenvalue weighted by Gasteiger charge is 2.29. The number of hydrogen-bond donors (Lipinski definition) is 0. The van der Waals surface area contributed by atoms with E-state index < -0.39 is 0 Å². The van der Waals surface area contributed by atoms with Crippen molar-refractivity contribution in [1.29, 1.82) is 0 Å². The maximum Gasteiger partial charge on any atom is 0.254 e. The van der Waals surface area contributed by atoms with E-state index in [9.17, 15) is 9.18 Å². The highest BCUT2D eigenvalue weighted by atomic mass is 19.1. The molecule has 2 aromatic rings. The van der Waals surface area contributed by atoms with Crippen LogP contribution in [0.5, 0.6) is 0 Å². The minimum Gasteiger partial charge on any atom is -0.484 e. The topological polar surface area (TPSA) is 41.9 Å². The van der Waals surface area contributed by atoms with Gasteiger partial charge in [0.25, 0.3) is 5.91 Å². The second-order valence-corrected chi connectivity index (χ2v) is 7.21. The van der Waals surface area contributed by atoms with Gasteiger partial charge < -0.3 is 9.64 Å². The maximum atomic E-state index is 13.2. The van der Waals surface area contributed by atoms with Crippen molar-refractivity contribution in [3.05, 3.63) is 77.6 Å². The van der Waals surface area contributed by atoms with E-state index in [1.54, 1.807) is 19.2 Å². The Bertz CT molecular complexity index is 905. The molecule has 0 unspecified atom stereocenters. The van der Waals surface area contributed by atoms with Gasteiger partial charge >= 0.3 is 0 Å². The number of likely N-dealkylation sites (tertiary alicyclic amines) is 1. The molecule has 0 radical (unpaired) electrons. The molecule has 0 saturated carbocycles. The van der Waals surface area contributed by atoms with Gasteiger partial charge in [0.2, 0.25) is 0 Å². The number of ether oxygens (including phenoxy) is 1. The van der Waals surface area contributed by atoms with Gasteiger partial charge in [-0.2, -0.15) is 0 Å². The Labute approximate surface area is 171 Å². The summed E-state index contributed by atoms with van der Waals surface area (Å²) in [4.78, 5) is 19.5. The molecule has 0 aliphatic carbocycles. The van der Waals surface area contributed by atoms with Gasteiger partial charge in [-0.15, -0.1) is 0 Å². The van der Waals surface area contributed by atoms with Gasteiger partial charge in [-0.1, -0.05) is 31.7 Å². The molecule has 0 N–H and O–H groups in total. The maximum absolute atomic E-state index is 13.2. The summed E-state index contributed by atoms with van der Waals surface area (Å²) in [7, 11) is 1.59. The molecule has 3 rings (SSSR count). The number of aryl methyl sites for hydroxylation is 1. The first-order valence-corrected chi connectivity index (χ1v) is 9.98. The second-order valence-electron chi connectivity index (χ2n) is 7.21. The van der Waals surface area contributed by atoms with Gasteiger partial charge in [0.05, 0.1) is 18.7 Å². The Morgan fingerprint density at radius 3 is 2.66 bits per heavy atom. The summed E-state index contributed by atoms with van der Waals surface area (Å²) >= 11 is 0. The number of carbonyl (C=O) groups excluding carboxylic acids is 1. The fourth-order valence-electron chi connectivity index (χ4n) is 3.71. The minimum absolute atomic E-state index is 0.00341. The summed E-state index contributed by atoms with van der Waals surface area (Å²) in [5, 5.41) is 0. The fraction of sp³-hybridized carbons (Fsp3) is 0.333. The lowest BCUT2D eigenvalue weighted by atomic mass is 9.96. The van der Waals surface area contributed by atoms with Gasteiger partial charge in [0.1, 0.15) is 5.82 Å². The van der Waals surface area contributed by atoms with E-state index >= 15 is 0 Å². The quantitative estimate of drug-likeness (QED) is 0.532. The molecule has 5 heteroatoms. The monoisotopic (exact) mass is 394 g/mol. The van der Waals surface area contributed by atoms with Crippen LogP contribution in [0.4, 0.5) is 4.39 Å². The summed E-state index contributed by atoms with van der Waals surface area (Å²) in [6.07, 6.45) is 2.60. The van der Waals surface area contributed by atoms with Crippen LogP contribution in [0.3, 0.4) is 0 Å². The average Bonchev–Trinajstić information content (AvgIpc) is 2.77. The summed E-state index contributed by atoms with van der Waals surface area (Å²) in [5.41, 5.74) is 3.08. The van der Waals surface area contributed by atoms with Crippen molar-refractivity contribution in [1.82, 2.24) is 4.90 Å². The molecule has 0 bridgehead atoms. The highest BCUT2D eigenvalue weighted by Crippen LogP contribution is 2.24. The van der Waals surface area contributed by atoms with E-state index in [0.29, 0.717) is 18.1 Å². The van der Waals surface area contributed by atoms with E-state index in [-0.39, 0.29) is 17.6 Å². The zero-order chi connectivity index (χ0) is 20.8. The van der Waals surface area contributed by atoms with Crippen molar-refractivity contribution in [3.8, 4) is 0 Å². The Kier molecular flexibility index (Phi) is 6.81. The van der Waals surface area contributed by atoms with E-state index in [1.807, 2.05) is 29.2 Å². The number of benzene rings is 2. The molecule has 152 valence electrons. The summed E-state index contributed by atoms with van der Waals surface area (Å²) < 4.78 is 18.7. The van der Waals surface area contributed by atoms with Crippen LogP contribution in [-0.4, -0.2) is 36.9 Å². The third-order valence-electron chi connectivity index (χ3n) is 5.32. The Morgan fingerprint density at radius 2 is 1.97 bits per heavy atom. The Morgan fingerprint density at radius 1 is 1.24 bits per heavy atom. The molecule has 29 heavy (non-hydrogen) atoms. The van der Waals surface area contributed by atoms with Crippen LogP contribution < -0.4 is 0 Å². The number of aliphatic imine (C=N–C) groups is 1. The summed E-state index contributed by atoms with van der Waals surface area (Å²) in [6.45, 7) is 7.33. The van der Waals surface area contributed by atoms with Crippen molar-refractivity contribution < 1.29 is 13.9 Å². The number of rotatable bonds is 5. The van der Waals surface area contributed by atoms with Crippen LogP contribution in [-0.2, 0) is 11.2 Å². The van der Waals surface area contributed by atoms with Crippen LogP contribution in [0.2, 0.25) is 0 Å². The lowest BCUT2D eigenvalue weighted by molar-refractivity contribution is 0.0694. The summed E-state index contributed by atoms with van der Waals surface area (Å²) in [6, 6.07) is 13.8. The SMILES string of the molecule is C=C(N=C(OC)[C@H]1CCCN(C(=O)c2ccccc2CC)C1)c1ccc(F)cc1. The first-order valence-electron chi connectivity index (χ1n) is 9.98. The molecule has 0 spiro atoms. The van der Waals surface area contributed by atoms with Crippen molar-refractivity contribution >= 4 is 17.5 Å². The van der Waals surface area contributed by atoms with E-state index in [2.05, 4.69) is 18.5 Å². The van der Waals surface area contributed by atoms with Crippen molar-refractivity contribution in [2.24, 2.45) is 10.9 Å². The van der Waals surface area contributed by atoms with Crippen LogP contribution in [0.25, 0.3) is 5.70 Å². The molecule has 1 fully saturated rings. The van der Waals surface area contributed by atoms with Crippen LogP contribution >= 0.6 is 0 Å². The zero-order valence-electron chi connectivity index (χ0n) is 17.0. The fourth-order valence-corrected chi connectivity index (χ4v) is 3.71. The normalized spacial score (nSPS) is 17.1. The average molecular weight is 394 g/mol. The van der Waals surface area contributed by atoms with Crippen LogP contribution in [0.15, 0.2) is 60.1 Å². The molecule has 1 atom stereocenters. The highest BCUT2D eigenvalue weighted by molar-refractivity contribution is 5.96. The number of hydrogen-bond acceptors (Lipinski definition) is 3. The zero-order valence-corrected chi connectivity index (χ0v) is 17.0. The number of amides is 1. The van der Waals surface area contributed by atoms with Crippen molar-refractivity contribution in [2.45, 2.75) is 26.2 Å². The summed E-state index contributed by atoms with van der Waals surface area (Å²) in [5.74, 6) is 0.315. The first kappa shape index (κ1) is 20.8. The second kappa shape index (κ2) is 9.50. The smallest absolute Gasteiger partial charge is 0.254 e. The largest absolute Gasteiger partial charge is 0.484 e. The third kappa shape index (κ3) is 4.91. The Balaban J connectivity index is 1.76. The number of halogens is 1. The molecule has 4 nitrogen and oxygen atoms in total. The molecular formula is C24H27FN2O2. The number of methoxy groups -OCH3 is 1. The molecular weight excluding hydrogens is 367 g/mol. The van der Waals surface area contributed by atoms with Gasteiger partial charge in [-0.3, -0.25) is 4.79 Å². The van der Waals surface area contributed by atoms with E-state index in [1.165, 1.54) is 12.1 Å². The van der Waals surface area contributed by atoms with Gasteiger partial charge in [-0.05, 0) is 60.7 Å². The van der Waals surface area contributed by atoms with Crippen LogP contribution in [0, 0.1) is 11.7 Å². The van der Waals surface area contributed by atoms with E-state index in [0.717, 1.165) is 42.5 Å². The van der Waals surface area contributed by atoms with Gasteiger partial charge in [-0.25, -0.2) is 9.38 Å². The lowest BCUT2D eigenvalue weighted by Crippen LogP contribution is -2.43. The molecule has 1 heterocycles. The third-order valence-corrected chi connectivity index (χ3v) is 5.32. The predicted octanol–water partition coefficient (Wildman–Crippen LogP) is 4.96. The molecule has 1 amide bonds. The molecule has 0 aromatic heterocycles. The van der Waals surface area contributed by atoms with E-state index in [4.69, 9.17) is 4.74 Å². The van der Waals surface area contributed by atoms with Gasteiger partial charge in [0, 0.05) is 18.7 Å². The van der Waals surface area contributed by atoms with Crippen LogP contribution in [0.1, 0.15) is 41.3 Å². The molecule has 1 aliphatic heterocycles. The number of carbonyl (C=O) groups is 1. The molecule has 1 aliphatic rings. The van der Waals surface area contributed by atoms with Crippen molar-refractivity contribution in [2.75, 3.05) is 20.2 Å². The number of piperidine rings is 1. The van der Waals surface area contributed by atoms with Gasteiger partial charge in [0.15, 0.2) is 5.90 Å². The number of nitrogens with zero attached hydrogens (tertiary/aromatic N) is 2. The minimum atomic E-state index is -0.300. The lowest BCUT2D eigenvalue weighted by Gasteiger charge is -2.33. The Hall–Kier alpha value is -2.95. The molecule has 2 aromatic carbocycles.